The van der Waals surface area contributed by atoms with Gasteiger partial charge in [0, 0.05) is 0 Å². The van der Waals surface area contributed by atoms with Crippen molar-refractivity contribution in [3.05, 3.63) is 5.82 Å². The standard InChI is InChI=1S/C5H6F2N4O2/c1-2(5(12)13)11-4(3(6)7)8-9-10-11/h2-3H,1H3,(H,12,13). The van der Waals surface area contributed by atoms with Gasteiger partial charge in [-0.2, -0.15) is 0 Å². The molecule has 0 spiro atoms. The highest BCUT2D eigenvalue weighted by Gasteiger charge is 2.24. The zero-order valence-electron chi connectivity index (χ0n) is 6.55. The second kappa shape index (κ2) is 3.42. The van der Waals surface area contributed by atoms with Gasteiger partial charge >= 0.3 is 5.97 Å². The molecule has 72 valence electrons. The lowest BCUT2D eigenvalue weighted by atomic mass is 10.3. The van der Waals surface area contributed by atoms with E-state index in [4.69, 9.17) is 5.11 Å². The lowest BCUT2D eigenvalue weighted by Crippen LogP contribution is -2.19. The Morgan fingerprint density at radius 3 is 2.69 bits per heavy atom. The van der Waals surface area contributed by atoms with Gasteiger partial charge in [0.15, 0.2) is 6.04 Å². The fourth-order valence-corrected chi connectivity index (χ4v) is 0.725. The summed E-state index contributed by atoms with van der Waals surface area (Å²) in [5.74, 6) is -2.01. The van der Waals surface area contributed by atoms with Crippen LogP contribution in [-0.2, 0) is 4.79 Å². The maximum Gasteiger partial charge on any atom is 0.328 e. The molecule has 1 heterocycles. The van der Waals surface area contributed by atoms with E-state index in [1.165, 1.54) is 6.92 Å². The number of nitrogens with zero attached hydrogens (tertiary/aromatic N) is 4. The molecule has 0 saturated heterocycles. The van der Waals surface area contributed by atoms with Crippen molar-refractivity contribution in [2.24, 2.45) is 0 Å². The lowest BCUT2D eigenvalue weighted by molar-refractivity contribution is -0.140. The van der Waals surface area contributed by atoms with Crippen LogP contribution in [0, 0.1) is 0 Å². The Balaban J connectivity index is 3.00. The molecule has 1 N–H and O–H groups in total. The highest BCUT2D eigenvalue weighted by Crippen LogP contribution is 2.17. The Labute approximate surface area is 71.2 Å². The summed E-state index contributed by atoms with van der Waals surface area (Å²) in [6.07, 6.45) is -2.88. The van der Waals surface area contributed by atoms with Gasteiger partial charge in [0.1, 0.15) is 0 Å². The quantitative estimate of drug-likeness (QED) is 0.742. The van der Waals surface area contributed by atoms with Crippen molar-refractivity contribution < 1.29 is 18.7 Å². The molecule has 0 fully saturated rings. The van der Waals surface area contributed by atoms with Crippen molar-refractivity contribution in [2.75, 3.05) is 0 Å². The number of aliphatic carboxylic acids is 1. The van der Waals surface area contributed by atoms with Crippen LogP contribution in [0.2, 0.25) is 0 Å². The van der Waals surface area contributed by atoms with E-state index in [1.54, 1.807) is 0 Å². The summed E-state index contributed by atoms with van der Waals surface area (Å²) in [5.41, 5.74) is 0. The maximum absolute atomic E-state index is 12.1. The van der Waals surface area contributed by atoms with Crippen LogP contribution in [0.25, 0.3) is 0 Å². The topological polar surface area (TPSA) is 80.9 Å². The number of carboxylic acids is 1. The van der Waals surface area contributed by atoms with E-state index in [9.17, 15) is 13.6 Å². The van der Waals surface area contributed by atoms with Crippen molar-refractivity contribution in [3.63, 3.8) is 0 Å². The van der Waals surface area contributed by atoms with E-state index in [1.807, 2.05) is 0 Å². The van der Waals surface area contributed by atoms with E-state index < -0.39 is 24.3 Å². The Hall–Kier alpha value is -1.60. The third-order valence-corrected chi connectivity index (χ3v) is 1.44. The van der Waals surface area contributed by atoms with Gasteiger partial charge in [-0.15, -0.1) is 5.10 Å². The van der Waals surface area contributed by atoms with Crippen LogP contribution >= 0.6 is 0 Å². The molecule has 0 radical (unpaired) electrons. The molecule has 0 aliphatic rings. The van der Waals surface area contributed by atoms with Crippen LogP contribution in [0.4, 0.5) is 8.78 Å². The average Bonchev–Trinajstić information content (AvgIpc) is 2.50. The van der Waals surface area contributed by atoms with Gasteiger partial charge < -0.3 is 5.11 Å². The highest BCUT2D eigenvalue weighted by atomic mass is 19.3. The molecule has 0 aliphatic carbocycles. The summed E-state index contributed by atoms with van der Waals surface area (Å²) in [5, 5.41) is 17.6. The summed E-state index contributed by atoms with van der Waals surface area (Å²) >= 11 is 0. The number of alkyl halides is 2. The molecule has 0 aliphatic heterocycles. The van der Waals surface area contributed by atoms with Gasteiger partial charge in [0.25, 0.3) is 6.43 Å². The zero-order valence-corrected chi connectivity index (χ0v) is 6.55. The summed E-state index contributed by atoms with van der Waals surface area (Å²) in [6.45, 7) is 1.21. The van der Waals surface area contributed by atoms with Gasteiger partial charge in [-0.05, 0) is 17.4 Å². The lowest BCUT2D eigenvalue weighted by Gasteiger charge is -2.06. The number of hydrogen-bond acceptors (Lipinski definition) is 4. The Kier molecular flexibility index (Phi) is 2.49. The molecular formula is C5H6F2N4O2. The van der Waals surface area contributed by atoms with Crippen molar-refractivity contribution in [1.29, 1.82) is 0 Å². The van der Waals surface area contributed by atoms with Crippen molar-refractivity contribution in [3.8, 4) is 0 Å². The molecular weight excluding hydrogens is 186 g/mol. The zero-order chi connectivity index (χ0) is 10.0. The average molecular weight is 192 g/mol. The van der Waals surface area contributed by atoms with Crippen molar-refractivity contribution >= 4 is 5.97 Å². The first-order valence-corrected chi connectivity index (χ1v) is 3.32. The Morgan fingerprint density at radius 2 is 2.23 bits per heavy atom. The molecule has 1 aromatic heterocycles. The number of carboxylic acid groups (broad SMARTS) is 1. The molecule has 8 heteroatoms. The molecule has 0 amide bonds. The van der Waals surface area contributed by atoms with E-state index in [-0.39, 0.29) is 0 Å². The predicted octanol–water partition coefficient (Wildman–Crippen LogP) is 0.256. The summed E-state index contributed by atoms with van der Waals surface area (Å²) in [7, 11) is 0. The molecule has 1 unspecified atom stereocenters. The minimum Gasteiger partial charge on any atom is -0.480 e. The highest BCUT2D eigenvalue weighted by molar-refractivity contribution is 5.71. The predicted molar refractivity (Wildman–Crippen MR) is 35.1 cm³/mol. The second-order valence-electron chi connectivity index (χ2n) is 2.30. The molecule has 13 heavy (non-hydrogen) atoms. The first-order chi connectivity index (χ1) is 6.04. The first-order valence-electron chi connectivity index (χ1n) is 3.32. The fourth-order valence-electron chi connectivity index (χ4n) is 0.725. The Morgan fingerprint density at radius 1 is 1.62 bits per heavy atom. The third kappa shape index (κ3) is 1.76. The van der Waals surface area contributed by atoms with Crippen LogP contribution in [0.3, 0.4) is 0 Å². The molecule has 0 bridgehead atoms. The van der Waals surface area contributed by atoms with Crippen molar-refractivity contribution in [2.45, 2.75) is 19.4 Å². The number of halogens is 2. The smallest absolute Gasteiger partial charge is 0.328 e. The molecule has 6 nitrogen and oxygen atoms in total. The largest absolute Gasteiger partial charge is 0.480 e. The normalized spacial score (nSPS) is 13.2. The second-order valence-corrected chi connectivity index (χ2v) is 2.30. The summed E-state index contributed by atoms with van der Waals surface area (Å²) < 4.78 is 24.8. The SMILES string of the molecule is CC(C(=O)O)n1nnnc1C(F)F. The molecule has 0 aromatic carbocycles. The van der Waals surface area contributed by atoms with E-state index in [0.717, 1.165) is 0 Å². The minimum absolute atomic E-state index is 0.576. The first kappa shape index (κ1) is 9.49. The van der Waals surface area contributed by atoms with Gasteiger partial charge in [0.2, 0.25) is 5.82 Å². The molecule has 1 aromatic rings. The van der Waals surface area contributed by atoms with Crippen LogP contribution in [0.5, 0.6) is 0 Å². The van der Waals surface area contributed by atoms with Gasteiger partial charge in [-0.3, -0.25) is 0 Å². The molecule has 0 saturated carbocycles. The number of aromatic nitrogens is 4. The minimum atomic E-state index is -2.88. The molecule has 1 atom stereocenters. The van der Waals surface area contributed by atoms with Crippen LogP contribution in [0.15, 0.2) is 0 Å². The van der Waals surface area contributed by atoms with Crippen molar-refractivity contribution in [1.82, 2.24) is 20.2 Å². The fraction of sp³-hybridized carbons (Fsp3) is 0.600. The number of tetrazole rings is 1. The third-order valence-electron chi connectivity index (χ3n) is 1.44. The van der Waals surface area contributed by atoms with Gasteiger partial charge in [-0.1, -0.05) is 0 Å². The van der Waals surface area contributed by atoms with E-state index >= 15 is 0 Å². The van der Waals surface area contributed by atoms with E-state index in [0.29, 0.717) is 4.68 Å². The van der Waals surface area contributed by atoms with E-state index in [2.05, 4.69) is 15.5 Å². The maximum atomic E-state index is 12.1. The molecule has 1 rings (SSSR count). The number of carbonyl (C=O) groups is 1. The summed E-state index contributed by atoms with van der Waals surface area (Å²) in [6, 6.07) is -1.20. The van der Waals surface area contributed by atoms with Crippen LogP contribution in [0.1, 0.15) is 25.2 Å². The monoisotopic (exact) mass is 192 g/mol. The number of rotatable bonds is 3. The van der Waals surface area contributed by atoms with Gasteiger partial charge in [-0.25, -0.2) is 18.3 Å². The Bertz CT molecular complexity index is 313. The van der Waals surface area contributed by atoms with Crippen LogP contribution in [-0.4, -0.2) is 31.3 Å². The summed E-state index contributed by atoms with van der Waals surface area (Å²) in [4.78, 5) is 10.4. The number of hydrogen-bond donors (Lipinski definition) is 1. The van der Waals surface area contributed by atoms with Gasteiger partial charge in [0.05, 0.1) is 0 Å². The van der Waals surface area contributed by atoms with Crippen LogP contribution < -0.4 is 0 Å².